The first-order valence-electron chi connectivity index (χ1n) is 11.7. The number of fused-ring (bicyclic) bond motifs is 1. The number of carbonyl (C=O) groups excluding carboxylic acids is 1. The minimum atomic E-state index is -0.432. The number of nitro benzene ring substituents is 1. The quantitative estimate of drug-likeness (QED) is 0.383. The average molecular weight is 462 g/mol. The molecule has 3 aromatic rings. The third-order valence-electron chi connectivity index (χ3n) is 6.58. The minimum Gasteiger partial charge on any atom is -0.377 e. The Kier molecular flexibility index (Phi) is 6.95. The van der Waals surface area contributed by atoms with E-state index in [2.05, 4.69) is 27.7 Å². The van der Waals surface area contributed by atoms with Crippen LogP contribution in [0.15, 0.2) is 48.5 Å². The van der Waals surface area contributed by atoms with Crippen LogP contribution < -0.4 is 15.5 Å². The van der Waals surface area contributed by atoms with E-state index < -0.39 is 4.92 Å². The normalized spacial score (nSPS) is 17.9. The fourth-order valence-electron chi connectivity index (χ4n) is 4.66. The number of nitrogens with one attached hydrogen (secondary N) is 2. The van der Waals surface area contributed by atoms with Crippen molar-refractivity contribution in [3.8, 4) is 0 Å². The van der Waals surface area contributed by atoms with E-state index in [9.17, 15) is 14.9 Å². The van der Waals surface area contributed by atoms with Crippen LogP contribution in [0.4, 0.5) is 17.2 Å². The van der Waals surface area contributed by atoms with Crippen molar-refractivity contribution in [2.45, 2.75) is 38.6 Å². The number of nitro groups is 1. The van der Waals surface area contributed by atoms with Crippen molar-refractivity contribution in [3.63, 3.8) is 0 Å². The summed E-state index contributed by atoms with van der Waals surface area (Å²) in [4.78, 5) is 30.0. The smallest absolute Gasteiger partial charge is 0.272 e. The SMILES string of the molecule is Cc1cc(C(=O)NCC2CCC(Nc3cc(N(C)C)c4ccccc4n3)CC2)ccc1[N+](=O)[O-]. The Labute approximate surface area is 199 Å². The summed E-state index contributed by atoms with van der Waals surface area (Å²) in [5.74, 6) is 1.13. The molecule has 1 amide bonds. The van der Waals surface area contributed by atoms with E-state index in [1.807, 2.05) is 32.3 Å². The molecule has 0 radical (unpaired) electrons. The zero-order valence-electron chi connectivity index (χ0n) is 19.9. The van der Waals surface area contributed by atoms with Crippen molar-refractivity contribution in [1.82, 2.24) is 10.3 Å². The van der Waals surface area contributed by atoms with Crippen molar-refractivity contribution in [1.29, 1.82) is 0 Å². The highest BCUT2D eigenvalue weighted by Gasteiger charge is 2.23. The van der Waals surface area contributed by atoms with Crippen LogP contribution >= 0.6 is 0 Å². The Hall–Kier alpha value is -3.68. The molecule has 34 heavy (non-hydrogen) atoms. The molecule has 0 atom stereocenters. The van der Waals surface area contributed by atoms with Gasteiger partial charge in [-0.2, -0.15) is 0 Å². The fraction of sp³-hybridized carbons (Fsp3) is 0.385. The van der Waals surface area contributed by atoms with Crippen LogP contribution in [0.5, 0.6) is 0 Å². The van der Waals surface area contributed by atoms with Gasteiger partial charge in [0.05, 0.1) is 10.4 Å². The second-order valence-electron chi connectivity index (χ2n) is 9.27. The number of para-hydroxylation sites is 1. The Bertz CT molecular complexity index is 1200. The summed E-state index contributed by atoms with van der Waals surface area (Å²) >= 11 is 0. The third-order valence-corrected chi connectivity index (χ3v) is 6.58. The lowest BCUT2D eigenvalue weighted by Gasteiger charge is -2.30. The molecule has 4 rings (SSSR count). The number of benzene rings is 2. The molecule has 1 fully saturated rings. The maximum absolute atomic E-state index is 12.5. The summed E-state index contributed by atoms with van der Waals surface area (Å²) in [6, 6.07) is 15.1. The molecule has 0 saturated heterocycles. The molecule has 1 heterocycles. The largest absolute Gasteiger partial charge is 0.377 e. The van der Waals surface area contributed by atoms with Crippen molar-refractivity contribution < 1.29 is 9.72 Å². The van der Waals surface area contributed by atoms with E-state index >= 15 is 0 Å². The standard InChI is InChI=1S/C26H31N5O3/c1-17-14-19(10-13-23(17)31(33)34)26(32)27-16-18-8-11-20(12-9-18)28-25-15-24(30(2)3)21-6-4-5-7-22(21)29-25/h4-7,10,13-15,18,20H,8-9,11-12,16H2,1-3H3,(H,27,32)(H,28,29). The Morgan fingerprint density at radius 1 is 1.12 bits per heavy atom. The Morgan fingerprint density at radius 2 is 1.85 bits per heavy atom. The van der Waals surface area contributed by atoms with Crippen molar-refractivity contribution >= 4 is 34.0 Å². The molecule has 178 valence electrons. The number of rotatable bonds is 7. The minimum absolute atomic E-state index is 0.0287. The molecule has 1 saturated carbocycles. The molecule has 0 unspecified atom stereocenters. The first-order chi connectivity index (χ1) is 16.3. The van der Waals surface area contributed by atoms with E-state index in [4.69, 9.17) is 4.98 Å². The molecule has 0 bridgehead atoms. The van der Waals surface area contributed by atoms with Gasteiger partial charge < -0.3 is 15.5 Å². The number of pyridine rings is 1. The molecule has 8 heteroatoms. The lowest BCUT2D eigenvalue weighted by Crippen LogP contribution is -2.34. The van der Waals surface area contributed by atoms with Gasteiger partial charge in [-0.3, -0.25) is 14.9 Å². The van der Waals surface area contributed by atoms with Crippen LogP contribution in [0.3, 0.4) is 0 Å². The van der Waals surface area contributed by atoms with Gasteiger partial charge >= 0.3 is 0 Å². The van der Waals surface area contributed by atoms with Crippen LogP contribution in [0.2, 0.25) is 0 Å². The molecule has 0 aliphatic heterocycles. The highest BCUT2D eigenvalue weighted by atomic mass is 16.6. The molecule has 1 aliphatic carbocycles. The zero-order valence-corrected chi connectivity index (χ0v) is 19.9. The highest BCUT2D eigenvalue weighted by molar-refractivity contribution is 5.95. The topological polar surface area (TPSA) is 100 Å². The highest BCUT2D eigenvalue weighted by Crippen LogP contribution is 2.30. The predicted molar refractivity (Wildman–Crippen MR) is 136 cm³/mol. The zero-order chi connectivity index (χ0) is 24.2. The van der Waals surface area contributed by atoms with Crippen molar-refractivity contribution in [2.75, 3.05) is 30.9 Å². The lowest BCUT2D eigenvalue weighted by molar-refractivity contribution is -0.385. The number of hydrogen-bond donors (Lipinski definition) is 2. The molecule has 1 aromatic heterocycles. The molecular weight excluding hydrogens is 430 g/mol. The van der Waals surface area contributed by atoms with Gasteiger partial charge in [-0.15, -0.1) is 0 Å². The summed E-state index contributed by atoms with van der Waals surface area (Å²) in [5.41, 5.74) is 3.10. The van der Waals surface area contributed by atoms with Gasteiger partial charge in [-0.05, 0) is 56.7 Å². The van der Waals surface area contributed by atoms with Crippen LogP contribution in [0.1, 0.15) is 41.6 Å². The van der Waals surface area contributed by atoms with E-state index in [0.717, 1.165) is 48.1 Å². The maximum atomic E-state index is 12.5. The first-order valence-corrected chi connectivity index (χ1v) is 11.7. The third kappa shape index (κ3) is 5.27. The Morgan fingerprint density at radius 3 is 2.53 bits per heavy atom. The summed E-state index contributed by atoms with van der Waals surface area (Å²) in [6.07, 6.45) is 4.07. The lowest BCUT2D eigenvalue weighted by atomic mass is 9.86. The monoisotopic (exact) mass is 461 g/mol. The van der Waals surface area contributed by atoms with Crippen LogP contribution in [-0.4, -0.2) is 42.5 Å². The number of amides is 1. The number of anilines is 2. The summed E-state index contributed by atoms with van der Waals surface area (Å²) in [5, 5.41) is 18.7. The molecule has 1 aliphatic rings. The van der Waals surface area contributed by atoms with Gasteiger partial charge in [0, 0.05) is 61.0 Å². The van der Waals surface area contributed by atoms with Crippen molar-refractivity contribution in [2.24, 2.45) is 5.92 Å². The number of hydrogen-bond acceptors (Lipinski definition) is 6. The number of carbonyl (C=O) groups is 1. The van der Waals surface area contributed by atoms with E-state index in [0.29, 0.717) is 29.6 Å². The fourth-order valence-corrected chi connectivity index (χ4v) is 4.66. The maximum Gasteiger partial charge on any atom is 0.272 e. The summed E-state index contributed by atoms with van der Waals surface area (Å²) < 4.78 is 0. The van der Waals surface area contributed by atoms with E-state index in [1.54, 1.807) is 13.0 Å². The first kappa shape index (κ1) is 23.5. The van der Waals surface area contributed by atoms with Gasteiger partial charge in [0.2, 0.25) is 0 Å². The van der Waals surface area contributed by atoms with Gasteiger partial charge in [-0.1, -0.05) is 18.2 Å². The molecule has 8 nitrogen and oxygen atoms in total. The summed E-state index contributed by atoms with van der Waals surface area (Å²) in [6.45, 7) is 2.26. The molecular formula is C26H31N5O3. The van der Waals surface area contributed by atoms with Gasteiger partial charge in [0.25, 0.3) is 11.6 Å². The Balaban J connectivity index is 1.30. The second-order valence-corrected chi connectivity index (χ2v) is 9.27. The number of aryl methyl sites for hydroxylation is 1. The molecule has 0 spiro atoms. The molecule has 2 N–H and O–H groups in total. The number of aromatic nitrogens is 1. The average Bonchev–Trinajstić information content (AvgIpc) is 2.82. The van der Waals surface area contributed by atoms with Gasteiger partial charge in [0.1, 0.15) is 5.82 Å². The van der Waals surface area contributed by atoms with E-state index in [1.165, 1.54) is 12.1 Å². The van der Waals surface area contributed by atoms with Crippen LogP contribution in [0, 0.1) is 23.0 Å². The van der Waals surface area contributed by atoms with Crippen LogP contribution in [-0.2, 0) is 0 Å². The summed E-state index contributed by atoms with van der Waals surface area (Å²) in [7, 11) is 4.09. The van der Waals surface area contributed by atoms with Gasteiger partial charge in [-0.25, -0.2) is 4.98 Å². The van der Waals surface area contributed by atoms with Crippen molar-refractivity contribution in [3.05, 3.63) is 69.8 Å². The second kappa shape index (κ2) is 10.1. The van der Waals surface area contributed by atoms with Gasteiger partial charge in [0.15, 0.2) is 0 Å². The molecule has 2 aromatic carbocycles. The van der Waals surface area contributed by atoms with E-state index in [-0.39, 0.29) is 11.6 Å². The van der Waals surface area contributed by atoms with Crippen LogP contribution in [0.25, 0.3) is 10.9 Å². The number of nitrogens with zero attached hydrogens (tertiary/aromatic N) is 3. The predicted octanol–water partition coefficient (Wildman–Crippen LogP) is 4.92.